The Labute approximate surface area is 138 Å². The molecule has 0 saturated heterocycles. The summed E-state index contributed by atoms with van der Waals surface area (Å²) in [6.07, 6.45) is 4.30. The molecule has 1 aliphatic heterocycles. The van der Waals surface area contributed by atoms with Crippen molar-refractivity contribution in [2.24, 2.45) is 5.92 Å². The van der Waals surface area contributed by atoms with Gasteiger partial charge in [-0.2, -0.15) is 22.1 Å². The smallest absolute Gasteiger partial charge is 0.281 e. The van der Waals surface area contributed by atoms with E-state index in [1.165, 1.54) is 21.5 Å². The van der Waals surface area contributed by atoms with Crippen LogP contribution in [0, 0.1) is 5.92 Å². The van der Waals surface area contributed by atoms with Gasteiger partial charge in [0.2, 0.25) is 0 Å². The number of fused-ring (bicyclic) bond motifs is 1. The van der Waals surface area contributed by atoms with Crippen LogP contribution in [0.1, 0.15) is 36.9 Å². The molecule has 2 heterocycles. The highest BCUT2D eigenvalue weighted by Gasteiger charge is 2.36. The highest BCUT2D eigenvalue weighted by molar-refractivity contribution is 7.86. The van der Waals surface area contributed by atoms with Crippen molar-refractivity contribution >= 4 is 10.2 Å². The summed E-state index contributed by atoms with van der Waals surface area (Å²) in [5.41, 5.74) is 2.12. The van der Waals surface area contributed by atoms with E-state index in [0.29, 0.717) is 25.6 Å². The van der Waals surface area contributed by atoms with Crippen molar-refractivity contribution in [3.8, 4) is 0 Å². The van der Waals surface area contributed by atoms with Crippen LogP contribution < -0.4 is 0 Å². The van der Waals surface area contributed by atoms with Crippen LogP contribution in [-0.4, -0.2) is 60.7 Å². The third-order valence-electron chi connectivity index (χ3n) is 4.57. The van der Waals surface area contributed by atoms with Gasteiger partial charge in [0, 0.05) is 57.5 Å². The van der Waals surface area contributed by atoms with Gasteiger partial charge >= 0.3 is 0 Å². The second-order valence-corrected chi connectivity index (χ2v) is 8.77. The third kappa shape index (κ3) is 3.45. The van der Waals surface area contributed by atoms with Gasteiger partial charge in [-0.15, -0.1) is 0 Å². The molecule has 23 heavy (non-hydrogen) atoms. The van der Waals surface area contributed by atoms with Gasteiger partial charge in [0.1, 0.15) is 0 Å². The summed E-state index contributed by atoms with van der Waals surface area (Å²) < 4.78 is 35.6. The minimum Gasteiger partial charge on any atom is -0.380 e. The van der Waals surface area contributed by atoms with Crippen LogP contribution in [-0.2, 0) is 28.0 Å². The minimum absolute atomic E-state index is 0.0367. The van der Waals surface area contributed by atoms with E-state index in [-0.39, 0.29) is 5.92 Å². The van der Waals surface area contributed by atoms with Gasteiger partial charge in [-0.3, -0.25) is 4.68 Å². The molecule has 1 aromatic rings. The molecule has 1 fully saturated rings. The predicted octanol–water partition coefficient (Wildman–Crippen LogP) is 1.04. The van der Waals surface area contributed by atoms with Gasteiger partial charge < -0.3 is 4.74 Å². The Morgan fingerprint density at radius 3 is 2.70 bits per heavy atom. The van der Waals surface area contributed by atoms with Crippen LogP contribution in [0.15, 0.2) is 6.20 Å². The first-order valence-corrected chi connectivity index (χ1v) is 9.63. The maximum Gasteiger partial charge on any atom is 0.281 e. The molecular weight excluding hydrogens is 316 g/mol. The van der Waals surface area contributed by atoms with Gasteiger partial charge in [-0.25, -0.2) is 0 Å². The van der Waals surface area contributed by atoms with E-state index >= 15 is 0 Å². The fraction of sp³-hybridized carbons (Fsp3) is 0.800. The average Bonchev–Trinajstić information content (AvgIpc) is 3.24. The molecule has 0 spiro atoms. The van der Waals surface area contributed by atoms with Crippen LogP contribution in [0.2, 0.25) is 0 Å². The molecule has 3 rings (SSSR count). The lowest BCUT2D eigenvalue weighted by atomic mass is 9.98. The van der Waals surface area contributed by atoms with E-state index in [1.807, 2.05) is 4.68 Å². The number of hydrogen-bond donors (Lipinski definition) is 0. The van der Waals surface area contributed by atoms with E-state index in [2.05, 4.69) is 12.0 Å². The molecule has 8 heteroatoms. The van der Waals surface area contributed by atoms with Gasteiger partial charge in [0.15, 0.2) is 0 Å². The van der Waals surface area contributed by atoms with Crippen LogP contribution in [0.5, 0.6) is 0 Å². The Balaban J connectivity index is 1.81. The SMILES string of the molecule is CCn1ncc2c1[C@H](COCC1CC1)CN(S(=O)(=O)N(C)C)C2. The maximum absolute atomic E-state index is 12.5. The van der Waals surface area contributed by atoms with Crippen LogP contribution in [0.25, 0.3) is 0 Å². The lowest BCUT2D eigenvalue weighted by molar-refractivity contribution is 0.0990. The summed E-state index contributed by atoms with van der Waals surface area (Å²) in [6, 6.07) is 0. The maximum atomic E-state index is 12.5. The molecule has 7 nitrogen and oxygen atoms in total. The second-order valence-electron chi connectivity index (χ2n) is 6.63. The molecule has 0 aromatic carbocycles. The lowest BCUT2D eigenvalue weighted by Gasteiger charge is -2.34. The number of nitrogens with zero attached hydrogens (tertiary/aromatic N) is 4. The molecule has 1 saturated carbocycles. The van der Waals surface area contributed by atoms with Gasteiger partial charge in [-0.05, 0) is 25.7 Å². The fourth-order valence-corrected chi connectivity index (χ4v) is 4.20. The summed E-state index contributed by atoms with van der Waals surface area (Å²) in [5.74, 6) is 0.741. The zero-order valence-corrected chi connectivity index (χ0v) is 14.9. The second kappa shape index (κ2) is 6.51. The van der Waals surface area contributed by atoms with E-state index < -0.39 is 10.2 Å². The summed E-state index contributed by atoms with van der Waals surface area (Å²) >= 11 is 0. The van der Waals surface area contributed by atoms with Crippen LogP contribution in [0.4, 0.5) is 0 Å². The van der Waals surface area contributed by atoms with Crippen molar-refractivity contribution in [1.29, 1.82) is 0 Å². The first kappa shape index (κ1) is 16.9. The summed E-state index contributed by atoms with van der Waals surface area (Å²) in [5, 5.41) is 4.41. The quantitative estimate of drug-likeness (QED) is 0.742. The predicted molar refractivity (Wildman–Crippen MR) is 87.2 cm³/mol. The highest BCUT2D eigenvalue weighted by atomic mass is 32.2. The molecule has 0 N–H and O–H groups in total. The Hall–Kier alpha value is -0.960. The molecular formula is C15H26N4O3S. The van der Waals surface area contributed by atoms with Gasteiger partial charge in [-0.1, -0.05) is 0 Å². The van der Waals surface area contributed by atoms with Crippen molar-refractivity contribution < 1.29 is 13.2 Å². The normalized spacial score (nSPS) is 22.5. The first-order valence-electron chi connectivity index (χ1n) is 8.23. The van der Waals surface area contributed by atoms with Crippen molar-refractivity contribution in [2.75, 3.05) is 33.9 Å². The molecule has 0 unspecified atom stereocenters. The van der Waals surface area contributed by atoms with E-state index in [9.17, 15) is 8.42 Å². The Bertz CT molecular complexity index is 652. The molecule has 2 aliphatic rings. The van der Waals surface area contributed by atoms with Crippen molar-refractivity contribution in [3.05, 3.63) is 17.5 Å². The molecule has 1 aromatic heterocycles. The Kier molecular flexibility index (Phi) is 4.78. The number of hydrogen-bond acceptors (Lipinski definition) is 4. The monoisotopic (exact) mass is 342 g/mol. The molecule has 0 radical (unpaired) electrons. The average molecular weight is 342 g/mol. The molecule has 1 atom stereocenters. The number of aryl methyl sites for hydroxylation is 1. The zero-order chi connectivity index (χ0) is 16.6. The highest BCUT2D eigenvalue weighted by Crippen LogP contribution is 2.32. The lowest BCUT2D eigenvalue weighted by Crippen LogP contribution is -2.45. The van der Waals surface area contributed by atoms with Crippen molar-refractivity contribution in [3.63, 3.8) is 0 Å². The summed E-state index contributed by atoms with van der Waals surface area (Å²) in [6.45, 7) is 5.01. The third-order valence-corrected chi connectivity index (χ3v) is 6.43. The summed E-state index contributed by atoms with van der Waals surface area (Å²) in [4.78, 5) is 0. The Morgan fingerprint density at radius 2 is 2.09 bits per heavy atom. The zero-order valence-electron chi connectivity index (χ0n) is 14.1. The van der Waals surface area contributed by atoms with Gasteiger partial charge in [0.25, 0.3) is 10.2 Å². The number of ether oxygens (including phenoxy) is 1. The minimum atomic E-state index is -3.43. The first-order chi connectivity index (χ1) is 10.9. The largest absolute Gasteiger partial charge is 0.380 e. The van der Waals surface area contributed by atoms with E-state index in [1.54, 1.807) is 20.3 Å². The molecule has 0 amide bonds. The van der Waals surface area contributed by atoms with Gasteiger partial charge in [0.05, 0.1) is 12.8 Å². The Morgan fingerprint density at radius 1 is 1.35 bits per heavy atom. The topological polar surface area (TPSA) is 67.7 Å². The fourth-order valence-electron chi connectivity index (χ4n) is 3.07. The standard InChI is InChI=1S/C15H26N4O3S/c1-4-19-15-13(7-16-19)8-18(23(20,21)17(2)3)9-14(15)11-22-10-12-5-6-12/h7,12,14H,4-6,8-11H2,1-3H3/t14-/m0/s1. The van der Waals surface area contributed by atoms with E-state index in [4.69, 9.17) is 4.74 Å². The number of aromatic nitrogens is 2. The molecule has 0 bridgehead atoms. The van der Waals surface area contributed by atoms with Crippen LogP contribution >= 0.6 is 0 Å². The summed E-state index contributed by atoms with van der Waals surface area (Å²) in [7, 11) is -0.291. The number of rotatable bonds is 7. The van der Waals surface area contributed by atoms with Crippen molar-refractivity contribution in [1.82, 2.24) is 18.4 Å². The molecule has 1 aliphatic carbocycles. The van der Waals surface area contributed by atoms with E-state index in [0.717, 1.165) is 24.4 Å². The molecule has 130 valence electrons. The van der Waals surface area contributed by atoms with Crippen LogP contribution in [0.3, 0.4) is 0 Å². The van der Waals surface area contributed by atoms with Crippen molar-refractivity contribution in [2.45, 2.75) is 38.8 Å².